The summed E-state index contributed by atoms with van der Waals surface area (Å²) in [5.41, 5.74) is 2.45. The van der Waals surface area contributed by atoms with Crippen molar-refractivity contribution >= 4 is 21.9 Å². The van der Waals surface area contributed by atoms with Crippen molar-refractivity contribution in [2.45, 2.75) is 46.1 Å². The first-order valence-electron chi connectivity index (χ1n) is 7.17. The number of nitrogens with zero attached hydrogens (tertiary/aromatic N) is 2. The Balaban J connectivity index is 2.17. The van der Waals surface area contributed by atoms with E-state index in [0.29, 0.717) is 29.6 Å². The van der Waals surface area contributed by atoms with Crippen LogP contribution in [-0.4, -0.2) is 16.1 Å². The highest BCUT2D eigenvalue weighted by atomic mass is 79.9. The maximum absolute atomic E-state index is 6.18. The lowest BCUT2D eigenvalue weighted by Gasteiger charge is -2.37. The summed E-state index contributed by atoms with van der Waals surface area (Å²) in [6.45, 7) is 6.81. The summed E-state index contributed by atoms with van der Waals surface area (Å²) in [7, 11) is 0. The first-order chi connectivity index (χ1) is 9.51. The molecule has 2 rings (SSSR count). The van der Waals surface area contributed by atoms with Crippen LogP contribution >= 0.6 is 15.9 Å². The second-order valence-corrected chi connectivity index (χ2v) is 6.83. The fourth-order valence-electron chi connectivity index (χ4n) is 2.90. The molecule has 1 aliphatic rings. The lowest BCUT2D eigenvalue weighted by molar-refractivity contribution is 0.0420. The van der Waals surface area contributed by atoms with Gasteiger partial charge in [-0.15, -0.1) is 0 Å². The SMILES string of the molecule is CC1CCC(C(C)C)C(Oc2nc(NN)ncc2Br)C1. The maximum Gasteiger partial charge on any atom is 0.240 e. The minimum Gasteiger partial charge on any atom is -0.473 e. The number of hydrogen-bond donors (Lipinski definition) is 2. The van der Waals surface area contributed by atoms with Crippen LogP contribution in [0.4, 0.5) is 5.95 Å². The molecule has 0 amide bonds. The molecule has 3 N–H and O–H groups in total. The van der Waals surface area contributed by atoms with Gasteiger partial charge >= 0.3 is 0 Å². The van der Waals surface area contributed by atoms with Crippen LogP contribution in [0.25, 0.3) is 0 Å². The van der Waals surface area contributed by atoms with E-state index in [1.54, 1.807) is 6.20 Å². The van der Waals surface area contributed by atoms with Gasteiger partial charge in [-0.05, 0) is 46.5 Å². The molecule has 3 atom stereocenters. The zero-order chi connectivity index (χ0) is 14.7. The van der Waals surface area contributed by atoms with Gasteiger partial charge in [0.25, 0.3) is 0 Å². The normalized spacial score (nSPS) is 26.6. The molecule has 1 heterocycles. The van der Waals surface area contributed by atoms with E-state index in [2.05, 4.69) is 52.1 Å². The highest BCUT2D eigenvalue weighted by Gasteiger charge is 2.33. The smallest absolute Gasteiger partial charge is 0.240 e. The third kappa shape index (κ3) is 3.61. The number of halogens is 1. The molecule has 1 aliphatic carbocycles. The van der Waals surface area contributed by atoms with Gasteiger partial charge in [-0.2, -0.15) is 4.98 Å². The van der Waals surface area contributed by atoms with Gasteiger partial charge in [-0.3, -0.25) is 5.43 Å². The minimum absolute atomic E-state index is 0.204. The molecule has 0 radical (unpaired) electrons. The predicted molar refractivity (Wildman–Crippen MR) is 83.3 cm³/mol. The Morgan fingerprint density at radius 1 is 1.45 bits per heavy atom. The molecule has 6 heteroatoms. The van der Waals surface area contributed by atoms with Gasteiger partial charge in [-0.25, -0.2) is 10.8 Å². The van der Waals surface area contributed by atoms with Crippen LogP contribution < -0.4 is 16.0 Å². The number of nitrogens with two attached hydrogens (primary N) is 1. The average Bonchev–Trinajstić information content (AvgIpc) is 2.41. The van der Waals surface area contributed by atoms with Crippen LogP contribution in [0.2, 0.25) is 0 Å². The predicted octanol–water partition coefficient (Wildman–Crippen LogP) is 3.36. The van der Waals surface area contributed by atoms with E-state index in [4.69, 9.17) is 10.6 Å². The lowest BCUT2D eigenvalue weighted by Crippen LogP contribution is -2.36. The van der Waals surface area contributed by atoms with Gasteiger partial charge in [-0.1, -0.05) is 27.2 Å². The average molecular weight is 343 g/mol. The fourth-order valence-corrected chi connectivity index (χ4v) is 3.18. The van der Waals surface area contributed by atoms with E-state index in [1.807, 2.05) is 0 Å². The topological polar surface area (TPSA) is 73.1 Å². The van der Waals surface area contributed by atoms with Crippen molar-refractivity contribution in [1.29, 1.82) is 0 Å². The van der Waals surface area contributed by atoms with Crippen molar-refractivity contribution in [2.24, 2.45) is 23.6 Å². The second kappa shape index (κ2) is 6.72. The lowest BCUT2D eigenvalue weighted by atomic mass is 9.75. The number of nitrogens with one attached hydrogen (secondary N) is 1. The molecular formula is C14H23BrN4O. The standard InChI is InChI=1S/C14H23BrN4O/c1-8(2)10-5-4-9(3)6-12(10)20-13-11(15)7-17-14(18-13)19-16/h7-10,12H,4-6,16H2,1-3H3,(H,17,18,19). The number of hydrogen-bond acceptors (Lipinski definition) is 5. The molecule has 0 spiro atoms. The number of aromatic nitrogens is 2. The summed E-state index contributed by atoms with van der Waals surface area (Å²) in [6, 6.07) is 0. The van der Waals surface area contributed by atoms with Crippen molar-refractivity contribution < 1.29 is 4.74 Å². The Morgan fingerprint density at radius 3 is 2.85 bits per heavy atom. The highest BCUT2D eigenvalue weighted by Crippen LogP contribution is 2.37. The second-order valence-electron chi connectivity index (χ2n) is 5.97. The van der Waals surface area contributed by atoms with Crippen molar-refractivity contribution in [2.75, 3.05) is 5.43 Å². The Bertz CT molecular complexity index is 455. The molecule has 1 aromatic rings. The number of anilines is 1. The first kappa shape index (κ1) is 15.5. The van der Waals surface area contributed by atoms with Gasteiger partial charge in [0.05, 0.1) is 10.7 Å². The third-order valence-electron chi connectivity index (χ3n) is 4.07. The fraction of sp³-hybridized carbons (Fsp3) is 0.714. The largest absolute Gasteiger partial charge is 0.473 e. The molecule has 1 saturated carbocycles. The Morgan fingerprint density at radius 2 is 2.20 bits per heavy atom. The molecule has 0 saturated heterocycles. The number of nitrogen functional groups attached to an aromatic ring is 1. The maximum atomic E-state index is 6.18. The summed E-state index contributed by atoms with van der Waals surface area (Å²) < 4.78 is 6.94. The molecule has 1 aromatic heterocycles. The van der Waals surface area contributed by atoms with Crippen LogP contribution in [0.3, 0.4) is 0 Å². The van der Waals surface area contributed by atoms with Gasteiger partial charge in [0.2, 0.25) is 11.8 Å². The number of ether oxygens (including phenoxy) is 1. The molecule has 112 valence electrons. The van der Waals surface area contributed by atoms with E-state index >= 15 is 0 Å². The quantitative estimate of drug-likeness (QED) is 0.648. The van der Waals surface area contributed by atoms with E-state index < -0.39 is 0 Å². The van der Waals surface area contributed by atoms with Gasteiger partial charge in [0, 0.05) is 0 Å². The van der Waals surface area contributed by atoms with Crippen LogP contribution in [-0.2, 0) is 0 Å². The number of rotatable bonds is 4. The van der Waals surface area contributed by atoms with Crippen LogP contribution in [0.15, 0.2) is 10.7 Å². The molecule has 20 heavy (non-hydrogen) atoms. The monoisotopic (exact) mass is 342 g/mol. The van der Waals surface area contributed by atoms with Crippen molar-refractivity contribution in [3.05, 3.63) is 10.7 Å². The van der Waals surface area contributed by atoms with E-state index in [0.717, 1.165) is 10.9 Å². The zero-order valence-corrected chi connectivity index (χ0v) is 13.9. The Kier molecular flexibility index (Phi) is 5.21. The van der Waals surface area contributed by atoms with E-state index in [9.17, 15) is 0 Å². The summed E-state index contributed by atoms with van der Waals surface area (Å²) in [5, 5.41) is 0. The molecule has 1 fully saturated rings. The van der Waals surface area contributed by atoms with Crippen LogP contribution in [0.5, 0.6) is 5.88 Å². The summed E-state index contributed by atoms with van der Waals surface area (Å²) >= 11 is 3.44. The van der Waals surface area contributed by atoms with Crippen molar-refractivity contribution in [1.82, 2.24) is 9.97 Å². The zero-order valence-electron chi connectivity index (χ0n) is 12.3. The summed E-state index contributed by atoms with van der Waals surface area (Å²) in [5.74, 6) is 8.17. The molecule has 0 aromatic carbocycles. The van der Waals surface area contributed by atoms with Gasteiger partial charge in [0.15, 0.2) is 0 Å². The minimum atomic E-state index is 0.204. The third-order valence-corrected chi connectivity index (χ3v) is 4.61. The highest BCUT2D eigenvalue weighted by molar-refractivity contribution is 9.10. The molecular weight excluding hydrogens is 320 g/mol. The first-order valence-corrected chi connectivity index (χ1v) is 7.96. The molecule has 3 unspecified atom stereocenters. The molecule has 5 nitrogen and oxygen atoms in total. The Hall–Kier alpha value is -0.880. The van der Waals surface area contributed by atoms with Gasteiger partial charge < -0.3 is 4.74 Å². The van der Waals surface area contributed by atoms with E-state index in [1.165, 1.54) is 12.8 Å². The van der Waals surface area contributed by atoms with Gasteiger partial charge in [0.1, 0.15) is 6.10 Å². The van der Waals surface area contributed by atoms with E-state index in [-0.39, 0.29) is 6.10 Å². The Labute approximate surface area is 128 Å². The van der Waals surface area contributed by atoms with Crippen LogP contribution in [0, 0.1) is 17.8 Å². The summed E-state index contributed by atoms with van der Waals surface area (Å²) in [6.07, 6.45) is 5.44. The van der Waals surface area contributed by atoms with Crippen LogP contribution in [0.1, 0.15) is 40.0 Å². The number of hydrazine groups is 1. The van der Waals surface area contributed by atoms with Crippen molar-refractivity contribution in [3.8, 4) is 5.88 Å². The molecule has 0 aliphatic heterocycles. The van der Waals surface area contributed by atoms with Crippen molar-refractivity contribution in [3.63, 3.8) is 0 Å². The summed E-state index contributed by atoms with van der Waals surface area (Å²) in [4.78, 5) is 8.33. The molecule has 0 bridgehead atoms.